The van der Waals surface area contributed by atoms with Crippen LogP contribution >= 0.6 is 0 Å². The Morgan fingerprint density at radius 2 is 1.00 bits per heavy atom. The first-order valence-corrected chi connectivity index (χ1v) is 26.7. The monoisotopic (exact) mass is 954 g/mol. The SMILES string of the molecule is CCc1ccc(-c2ccc(N(c3ccc(C=Cc4cc(OCCC(C)CCCC(C)C)c(C=CC(C)(CC)c5ccccc5)cc4OC)cc3)c3ccc(C(C)(C=Cc4ccccc4)CC)cc3)cc2)cc1. The maximum atomic E-state index is 6.71. The topological polar surface area (TPSA) is 21.7 Å². The van der Waals surface area contributed by atoms with E-state index in [2.05, 4.69) is 267 Å². The van der Waals surface area contributed by atoms with E-state index < -0.39 is 0 Å². The van der Waals surface area contributed by atoms with E-state index in [1.54, 1.807) is 7.11 Å². The predicted molar refractivity (Wildman–Crippen MR) is 312 cm³/mol. The number of rotatable bonds is 24. The molecule has 7 rings (SSSR count). The molecule has 0 aromatic heterocycles. The molecule has 372 valence electrons. The highest BCUT2D eigenvalue weighted by atomic mass is 16.5. The number of hydrogen-bond donors (Lipinski definition) is 0. The van der Waals surface area contributed by atoms with Gasteiger partial charge in [0.1, 0.15) is 11.5 Å². The molecule has 0 saturated carbocycles. The quantitative estimate of drug-likeness (QED) is 0.0564. The molecule has 7 aromatic rings. The number of allylic oxidation sites excluding steroid dienone is 2. The second kappa shape index (κ2) is 25.5. The van der Waals surface area contributed by atoms with E-state index in [9.17, 15) is 0 Å². The summed E-state index contributed by atoms with van der Waals surface area (Å²) in [4.78, 5) is 2.36. The molecule has 0 spiro atoms. The Bertz CT molecular complexity index is 2820. The van der Waals surface area contributed by atoms with Gasteiger partial charge in [-0.25, -0.2) is 0 Å². The molecule has 0 amide bonds. The summed E-state index contributed by atoms with van der Waals surface area (Å²) in [6.45, 7) is 19.0. The molecule has 0 aliphatic carbocycles. The van der Waals surface area contributed by atoms with Crippen LogP contribution in [0.15, 0.2) is 182 Å². The third-order valence-electron chi connectivity index (χ3n) is 14.9. The van der Waals surface area contributed by atoms with Crippen LogP contribution in [0.2, 0.25) is 0 Å². The molecule has 0 aliphatic heterocycles. The number of nitrogens with zero attached hydrogens (tertiary/aromatic N) is 1. The maximum Gasteiger partial charge on any atom is 0.127 e. The lowest BCUT2D eigenvalue weighted by Gasteiger charge is -2.29. The number of ether oxygens (including phenoxy) is 2. The van der Waals surface area contributed by atoms with Gasteiger partial charge >= 0.3 is 0 Å². The third kappa shape index (κ3) is 14.0. The van der Waals surface area contributed by atoms with Crippen molar-refractivity contribution in [2.75, 3.05) is 18.6 Å². The Hall–Kier alpha value is -6.84. The van der Waals surface area contributed by atoms with Crippen molar-refractivity contribution in [2.24, 2.45) is 11.8 Å². The Balaban J connectivity index is 1.18. The van der Waals surface area contributed by atoms with Crippen molar-refractivity contribution in [1.82, 2.24) is 0 Å². The molecular weight excluding hydrogens is 875 g/mol. The van der Waals surface area contributed by atoms with Crippen LogP contribution in [0, 0.1) is 11.8 Å². The molecule has 3 nitrogen and oxygen atoms in total. The first kappa shape index (κ1) is 53.0. The summed E-state index contributed by atoms with van der Waals surface area (Å²) < 4.78 is 12.8. The maximum absolute atomic E-state index is 6.71. The zero-order chi connectivity index (χ0) is 50.9. The van der Waals surface area contributed by atoms with Crippen molar-refractivity contribution in [2.45, 2.75) is 111 Å². The largest absolute Gasteiger partial charge is 0.496 e. The number of benzene rings is 7. The first-order valence-electron chi connectivity index (χ1n) is 26.7. The van der Waals surface area contributed by atoms with Crippen LogP contribution in [0.25, 0.3) is 35.4 Å². The van der Waals surface area contributed by atoms with E-state index in [0.717, 1.165) is 76.9 Å². The summed E-state index contributed by atoms with van der Waals surface area (Å²) >= 11 is 0. The van der Waals surface area contributed by atoms with Crippen molar-refractivity contribution in [1.29, 1.82) is 0 Å². The van der Waals surface area contributed by atoms with Gasteiger partial charge in [0.05, 0.1) is 13.7 Å². The van der Waals surface area contributed by atoms with Crippen molar-refractivity contribution in [3.8, 4) is 22.6 Å². The van der Waals surface area contributed by atoms with Gasteiger partial charge < -0.3 is 14.4 Å². The predicted octanol–water partition coefficient (Wildman–Crippen LogP) is 19.6. The highest BCUT2D eigenvalue weighted by Gasteiger charge is 2.23. The van der Waals surface area contributed by atoms with Gasteiger partial charge in [-0.2, -0.15) is 0 Å². The van der Waals surface area contributed by atoms with Gasteiger partial charge in [0.25, 0.3) is 0 Å². The van der Waals surface area contributed by atoms with Gasteiger partial charge in [0.15, 0.2) is 0 Å². The molecule has 0 bridgehead atoms. The van der Waals surface area contributed by atoms with Crippen LogP contribution in [-0.4, -0.2) is 13.7 Å². The highest BCUT2D eigenvalue weighted by Crippen LogP contribution is 2.40. The third-order valence-corrected chi connectivity index (χ3v) is 14.9. The Kier molecular flexibility index (Phi) is 18.8. The van der Waals surface area contributed by atoms with Gasteiger partial charge in [-0.3, -0.25) is 0 Å². The minimum atomic E-state index is -0.123. The highest BCUT2D eigenvalue weighted by molar-refractivity contribution is 5.81. The smallest absolute Gasteiger partial charge is 0.127 e. The molecule has 72 heavy (non-hydrogen) atoms. The number of aryl methyl sites for hydroxylation is 1. The van der Waals surface area contributed by atoms with Gasteiger partial charge in [0.2, 0.25) is 0 Å². The Labute approximate surface area is 434 Å². The number of methoxy groups -OCH3 is 1. The lowest BCUT2D eigenvalue weighted by molar-refractivity contribution is 0.275. The normalized spacial score (nSPS) is 13.9. The minimum Gasteiger partial charge on any atom is -0.496 e. The fourth-order valence-electron chi connectivity index (χ4n) is 9.41. The van der Waals surface area contributed by atoms with Crippen LogP contribution in [0.5, 0.6) is 11.5 Å². The van der Waals surface area contributed by atoms with Gasteiger partial charge in [0, 0.05) is 39.0 Å². The van der Waals surface area contributed by atoms with Crippen LogP contribution in [0.4, 0.5) is 17.1 Å². The Morgan fingerprint density at radius 3 is 1.57 bits per heavy atom. The average molecular weight is 954 g/mol. The fraction of sp³-hybridized carbons (Fsp3) is 0.304. The molecule has 3 atom stereocenters. The van der Waals surface area contributed by atoms with Crippen LogP contribution in [0.1, 0.15) is 133 Å². The molecule has 0 heterocycles. The van der Waals surface area contributed by atoms with E-state index in [1.165, 1.54) is 52.6 Å². The second-order valence-corrected chi connectivity index (χ2v) is 20.6. The zero-order valence-electron chi connectivity index (χ0n) is 44.7. The van der Waals surface area contributed by atoms with E-state index in [0.29, 0.717) is 12.5 Å². The van der Waals surface area contributed by atoms with Gasteiger partial charge in [-0.1, -0.05) is 232 Å². The van der Waals surface area contributed by atoms with Crippen molar-refractivity contribution in [3.05, 3.63) is 221 Å². The summed E-state index contributed by atoms with van der Waals surface area (Å²) in [5.41, 5.74) is 13.7. The van der Waals surface area contributed by atoms with Crippen molar-refractivity contribution < 1.29 is 9.47 Å². The number of hydrogen-bond acceptors (Lipinski definition) is 3. The summed E-state index contributed by atoms with van der Waals surface area (Å²) in [6, 6.07) is 61.5. The first-order chi connectivity index (χ1) is 34.9. The Morgan fingerprint density at radius 1 is 0.500 bits per heavy atom. The van der Waals surface area contributed by atoms with Crippen LogP contribution < -0.4 is 14.4 Å². The molecule has 0 fully saturated rings. The van der Waals surface area contributed by atoms with Gasteiger partial charge in [-0.15, -0.1) is 0 Å². The minimum absolute atomic E-state index is 0.112. The molecule has 0 radical (unpaired) electrons. The molecule has 7 aromatic carbocycles. The average Bonchev–Trinajstić information content (AvgIpc) is 3.42. The van der Waals surface area contributed by atoms with E-state index >= 15 is 0 Å². The van der Waals surface area contributed by atoms with Crippen molar-refractivity contribution in [3.63, 3.8) is 0 Å². The molecule has 0 saturated heterocycles. The molecular formula is C69H79NO2. The zero-order valence-corrected chi connectivity index (χ0v) is 44.7. The fourth-order valence-corrected chi connectivity index (χ4v) is 9.41. The lowest BCUT2D eigenvalue weighted by Crippen LogP contribution is -2.18. The number of anilines is 3. The van der Waals surface area contributed by atoms with Crippen LogP contribution in [-0.2, 0) is 17.3 Å². The van der Waals surface area contributed by atoms with Gasteiger partial charge in [-0.05, 0) is 125 Å². The molecule has 3 unspecified atom stereocenters. The second-order valence-electron chi connectivity index (χ2n) is 20.6. The summed E-state index contributed by atoms with van der Waals surface area (Å²) in [5.74, 6) is 3.03. The van der Waals surface area contributed by atoms with E-state index in [1.807, 2.05) is 0 Å². The van der Waals surface area contributed by atoms with E-state index in [4.69, 9.17) is 9.47 Å². The molecule has 0 aliphatic rings. The molecule has 0 N–H and O–H groups in total. The van der Waals surface area contributed by atoms with E-state index in [-0.39, 0.29) is 10.8 Å². The van der Waals surface area contributed by atoms with Crippen LogP contribution in [0.3, 0.4) is 0 Å². The summed E-state index contributed by atoms with van der Waals surface area (Å²) in [6.07, 6.45) is 21.3. The molecule has 3 heteroatoms. The summed E-state index contributed by atoms with van der Waals surface area (Å²) in [7, 11) is 1.76. The lowest BCUT2D eigenvalue weighted by atomic mass is 9.79. The standard InChI is InChI=1S/C69H79NO2/c1-10-54-26-31-57(32-27-54)58-34-40-64(41-35-58)70(65-42-36-62(37-43-65)68(7,11-2)47-44-55-22-15-13-16-23-55)63-38-29-56(30-39-63)28-33-59-51-67(72-49-46-53(6)21-19-20-52(4)5)60(50-66(59)71-9)45-48-69(8,12-3)61-24-17-14-18-25-61/h13-18,22-45,47-48,50-53H,10-12,19-21,46,49H2,1-9H3. The van der Waals surface area contributed by atoms with Crippen molar-refractivity contribution >= 4 is 41.4 Å². The summed E-state index contributed by atoms with van der Waals surface area (Å²) in [5, 5.41) is 0.